The third-order valence-corrected chi connectivity index (χ3v) is 28.1. The molecule has 2 aromatic rings. The molecule has 2 heterocycles. The predicted octanol–water partition coefficient (Wildman–Crippen LogP) is 22.4. The molecule has 0 radical (unpaired) electrons. The molecule has 804 valence electrons. The lowest BCUT2D eigenvalue weighted by Gasteiger charge is -2.21. The van der Waals surface area contributed by atoms with E-state index in [4.69, 9.17) is 56.0 Å². The van der Waals surface area contributed by atoms with Crippen LogP contribution < -0.4 is 22.3 Å². The van der Waals surface area contributed by atoms with Crippen LogP contribution in [0.5, 0.6) is 0 Å². The normalized spacial score (nSPS) is 14.5. The highest BCUT2D eigenvalue weighted by Gasteiger charge is 2.28. The zero-order valence-electron chi connectivity index (χ0n) is 85.4. The fraction of sp³-hybridized carbons (Fsp3) is 0.920. The Kier molecular flexibility index (Phi) is 90.4. The molecular formula is C100H197N5O27P4. The summed E-state index contributed by atoms with van der Waals surface area (Å²) in [6, 6.07) is 2.57. The molecule has 0 bridgehead atoms. The van der Waals surface area contributed by atoms with Gasteiger partial charge >= 0.3 is 41.8 Å². The van der Waals surface area contributed by atoms with Gasteiger partial charge in [0.25, 0.3) is 5.56 Å². The van der Waals surface area contributed by atoms with Crippen LogP contribution >= 0.6 is 30.4 Å². The Morgan fingerprint density at radius 2 is 0.507 bits per heavy atom. The largest absolute Gasteiger partial charge is 0.394 e. The predicted molar refractivity (Wildman–Crippen MR) is 545 cm³/mol. The molecule has 0 aromatic carbocycles. The maximum absolute atomic E-state index is 13.3. The standard InChI is InChI=1S/C50H99N3O13P2.C50H98N2O14P2/c1-3-5-7-9-11-13-15-17-19-21-23-25-27-29-35-61-37-31-39-65-67(57,58)45-63-47(43-54)41-51-49-33-34-53(50(56)52-49)42-48(44-55)64-46-68(59,60)66-40-32-38-62-36-30-28-26-24-22-20-18-16-14-12-10-8-6-4-2;1-3-5-7-9-11-13-15-17-19-21-23-25-27-29-35-61-37-31-39-65-67(57,58)45-63-47(43-53)41-51-34-33-49(55)52(50(51)56)42-48(44-54)64-46-68(59,60)66-40-32-38-62-36-30-28-26-24-22-20-18-16-14-12-10-8-6-4-2/h33-34,47-48,54-55H,3-32,35-46H2,1-2H3,(H,57,58)(H,59,60)(H,51,52,56);33-34,47-48,53-54H,3-32,35-46H2,1-2H3,(H,57,58)(H,59,60)/t2*47-,48-/m00/s1. The molecule has 2 aromatic heterocycles. The first-order valence-electron chi connectivity index (χ1n) is 53.7. The average molecular weight is 2030 g/mol. The maximum Gasteiger partial charge on any atom is 0.353 e. The number of rotatable bonds is 105. The van der Waals surface area contributed by atoms with Gasteiger partial charge < -0.3 is 101 Å². The van der Waals surface area contributed by atoms with Crippen LogP contribution in [0.2, 0.25) is 0 Å². The summed E-state index contributed by atoms with van der Waals surface area (Å²) in [6.45, 7) is 10.00. The van der Waals surface area contributed by atoms with Gasteiger partial charge in [-0.1, -0.05) is 362 Å². The molecule has 9 N–H and O–H groups in total. The van der Waals surface area contributed by atoms with Gasteiger partial charge in [0.1, 0.15) is 31.2 Å². The Morgan fingerprint density at radius 3 is 0.757 bits per heavy atom. The van der Waals surface area contributed by atoms with Crippen LogP contribution in [-0.4, -0.2) is 221 Å². The van der Waals surface area contributed by atoms with Crippen LogP contribution in [0.1, 0.15) is 413 Å². The minimum Gasteiger partial charge on any atom is -0.394 e. The van der Waals surface area contributed by atoms with E-state index in [1.165, 1.54) is 331 Å². The highest BCUT2D eigenvalue weighted by molar-refractivity contribution is 7.53. The summed E-state index contributed by atoms with van der Waals surface area (Å²) < 4.78 is 118. The molecule has 8 atom stereocenters. The number of nitrogens with zero attached hydrogens (tertiary/aromatic N) is 4. The van der Waals surface area contributed by atoms with Crippen LogP contribution in [0, 0.1) is 0 Å². The molecule has 0 aliphatic rings. The van der Waals surface area contributed by atoms with E-state index < -0.39 is 130 Å². The summed E-state index contributed by atoms with van der Waals surface area (Å²) in [5, 5.41) is 42.3. The number of aromatic nitrogens is 4. The molecular weight excluding hydrogens is 1830 g/mol. The Bertz CT molecular complexity index is 3370. The minimum atomic E-state index is -4.22. The second-order valence-electron chi connectivity index (χ2n) is 36.9. The van der Waals surface area contributed by atoms with Crippen molar-refractivity contribution in [2.75, 3.05) is 143 Å². The van der Waals surface area contributed by atoms with E-state index >= 15 is 0 Å². The first-order valence-corrected chi connectivity index (χ1v) is 60.8. The summed E-state index contributed by atoms with van der Waals surface area (Å²) in [7, 11) is -16.6. The molecule has 0 fully saturated rings. The lowest BCUT2D eigenvalue weighted by molar-refractivity contribution is 0.0117. The van der Waals surface area contributed by atoms with Gasteiger partial charge in [-0.25, -0.2) is 9.59 Å². The number of anilines is 1. The Morgan fingerprint density at radius 1 is 0.287 bits per heavy atom. The number of ether oxygens (including phenoxy) is 8. The van der Waals surface area contributed by atoms with Crippen molar-refractivity contribution in [2.24, 2.45) is 0 Å². The van der Waals surface area contributed by atoms with Gasteiger partial charge in [0.2, 0.25) is 0 Å². The molecule has 0 aliphatic carbocycles. The number of aliphatic hydroxyl groups is 4. The topological polar surface area (TPSA) is 432 Å². The Hall–Kier alpha value is -2.52. The van der Waals surface area contributed by atoms with Crippen molar-refractivity contribution in [1.29, 1.82) is 0 Å². The lowest BCUT2D eigenvalue weighted by atomic mass is 10.0. The van der Waals surface area contributed by atoms with Gasteiger partial charge in [0.05, 0.1) is 96.9 Å². The van der Waals surface area contributed by atoms with Crippen molar-refractivity contribution >= 4 is 36.2 Å². The number of hydrogen-bond acceptors (Lipinski definition) is 25. The zero-order valence-corrected chi connectivity index (χ0v) is 89.0. The van der Waals surface area contributed by atoms with Crippen LogP contribution in [-0.2, 0) is 93.9 Å². The van der Waals surface area contributed by atoms with Crippen molar-refractivity contribution in [2.45, 2.75) is 457 Å². The maximum atomic E-state index is 13.3. The fourth-order valence-electron chi connectivity index (χ4n) is 15.5. The van der Waals surface area contributed by atoms with Gasteiger partial charge in [-0.05, 0) is 57.4 Å². The molecule has 32 nitrogen and oxygen atoms in total. The molecule has 2 rings (SSSR count). The molecule has 0 spiro atoms. The Balaban J connectivity index is 0.00000136. The highest BCUT2D eigenvalue weighted by atomic mass is 31.2. The van der Waals surface area contributed by atoms with Crippen molar-refractivity contribution < 1.29 is 114 Å². The highest BCUT2D eigenvalue weighted by Crippen LogP contribution is 2.45. The quantitative estimate of drug-likeness (QED) is 0.0219. The van der Waals surface area contributed by atoms with Gasteiger partial charge in [-0.3, -0.25) is 36.8 Å². The van der Waals surface area contributed by atoms with E-state index in [-0.39, 0.29) is 51.9 Å². The van der Waals surface area contributed by atoms with E-state index in [2.05, 4.69) is 38.0 Å². The summed E-state index contributed by atoms with van der Waals surface area (Å²) >= 11 is 0. The van der Waals surface area contributed by atoms with E-state index in [1.807, 2.05) is 0 Å². The molecule has 36 heteroatoms. The van der Waals surface area contributed by atoms with Crippen LogP contribution in [0.3, 0.4) is 0 Å². The third-order valence-electron chi connectivity index (χ3n) is 23.9. The molecule has 0 saturated carbocycles. The van der Waals surface area contributed by atoms with Gasteiger partial charge in [-0.2, -0.15) is 4.98 Å². The SMILES string of the molecule is CCCCCCCCCCCCCCCCOCCCOP(=O)(O)CO[C@H](CO)CNc1ccn(C[C@@H](CO)OCP(=O)(O)OCCCOCCCCCCCCCCCCCCCC)c(=O)n1.CCCCCCCCCCCCCCCCOCCCOP(=O)(O)CO[C@H](CO)Cn1ccc(=O)n(C[C@@H](CO)OCP(=O)(O)OCCCOCCCCCCCCCCCCCCCC)c1=O. The van der Waals surface area contributed by atoms with E-state index in [9.17, 15) is 72.6 Å². The monoisotopic (exact) mass is 2020 g/mol. The van der Waals surface area contributed by atoms with Crippen molar-refractivity contribution in [3.05, 3.63) is 55.8 Å². The summed E-state index contributed by atoms with van der Waals surface area (Å²) in [6.07, 6.45) is 69.7. The summed E-state index contributed by atoms with van der Waals surface area (Å²) in [5.74, 6) is 0.157. The number of nitrogens with one attached hydrogen (secondary N) is 1. The molecule has 0 aliphatic heterocycles. The summed E-state index contributed by atoms with van der Waals surface area (Å²) in [4.78, 5) is 83.6. The lowest BCUT2D eigenvalue weighted by Crippen LogP contribution is -2.44. The zero-order chi connectivity index (χ0) is 99.5. The van der Waals surface area contributed by atoms with E-state index in [0.29, 0.717) is 78.5 Å². The number of aliphatic hydroxyl groups excluding tert-OH is 4. The second-order valence-corrected chi connectivity index (χ2v) is 44.0. The van der Waals surface area contributed by atoms with Crippen molar-refractivity contribution in [3.63, 3.8) is 0 Å². The van der Waals surface area contributed by atoms with Crippen molar-refractivity contribution in [3.8, 4) is 0 Å². The van der Waals surface area contributed by atoms with Gasteiger partial charge in [-0.15, -0.1) is 0 Å². The first-order chi connectivity index (χ1) is 66.0. The third kappa shape index (κ3) is 82.7. The smallest absolute Gasteiger partial charge is 0.353 e. The van der Waals surface area contributed by atoms with Gasteiger partial charge in [0.15, 0.2) is 0 Å². The molecule has 0 amide bonds. The van der Waals surface area contributed by atoms with E-state index in [1.54, 1.807) is 0 Å². The van der Waals surface area contributed by atoms with Gasteiger partial charge in [0, 0.05) is 77.9 Å². The fourth-order valence-corrected chi connectivity index (χ4v) is 19.0. The molecule has 136 heavy (non-hydrogen) atoms. The average Bonchev–Trinajstić information content (AvgIpc) is 0.835. The first kappa shape index (κ1) is 131. The van der Waals surface area contributed by atoms with Crippen molar-refractivity contribution in [1.82, 2.24) is 18.7 Å². The molecule has 4 unspecified atom stereocenters. The molecule has 0 saturated heterocycles. The minimum absolute atomic E-state index is 0.0161. The van der Waals surface area contributed by atoms with Crippen LogP contribution in [0.15, 0.2) is 38.9 Å². The van der Waals surface area contributed by atoms with E-state index in [0.717, 1.165) is 66.6 Å². The number of hydrogen-bond donors (Lipinski definition) is 9. The van der Waals surface area contributed by atoms with Crippen LogP contribution in [0.4, 0.5) is 5.82 Å². The summed E-state index contributed by atoms with van der Waals surface area (Å²) in [5.41, 5.74) is -2.24. The Labute approximate surface area is 820 Å². The van der Waals surface area contributed by atoms with Crippen LogP contribution in [0.25, 0.3) is 0 Å². The second kappa shape index (κ2) is 93.5. The number of unbranched alkanes of at least 4 members (excludes halogenated alkanes) is 52.